The van der Waals surface area contributed by atoms with Crippen molar-refractivity contribution in [1.82, 2.24) is 14.9 Å². The molecular weight excluding hydrogens is 616 g/mol. The topological polar surface area (TPSA) is 124 Å². The molecule has 9 nitrogen and oxygen atoms in total. The summed E-state index contributed by atoms with van der Waals surface area (Å²) in [7, 11) is 1.87. The van der Waals surface area contributed by atoms with Crippen molar-refractivity contribution in [1.29, 1.82) is 0 Å². The van der Waals surface area contributed by atoms with Gasteiger partial charge in [0.05, 0.1) is 23.3 Å². The third kappa shape index (κ3) is 9.70. The zero-order chi connectivity index (χ0) is 35.8. The third-order valence-electron chi connectivity index (χ3n) is 9.45. The Morgan fingerprint density at radius 2 is 1.27 bits per heavy atom. The number of hydrogen-bond acceptors (Lipinski definition) is 6. The number of aliphatic carboxylic acids is 2. The molecule has 2 N–H and O–H groups in total. The number of aryl methyl sites for hydroxylation is 4. The van der Waals surface area contributed by atoms with Gasteiger partial charge in [0.2, 0.25) is 5.91 Å². The van der Waals surface area contributed by atoms with Crippen LogP contribution in [0, 0.1) is 47.5 Å². The van der Waals surface area contributed by atoms with Gasteiger partial charge in [-0.15, -0.1) is 0 Å². The quantitative estimate of drug-likeness (QED) is 0.189. The Labute approximate surface area is 289 Å². The average molecular weight is 663 g/mol. The molecule has 1 aliphatic heterocycles. The van der Waals surface area contributed by atoms with Crippen molar-refractivity contribution in [2.45, 2.75) is 60.9 Å². The van der Waals surface area contributed by atoms with Crippen LogP contribution < -0.4 is 4.90 Å². The fourth-order valence-electron chi connectivity index (χ4n) is 5.99. The monoisotopic (exact) mass is 662 g/mol. The number of likely N-dealkylation sites (tertiary alicyclic amines) is 1. The number of carbonyl (C=O) groups is 3. The van der Waals surface area contributed by atoms with E-state index in [1.54, 1.807) is 4.90 Å². The first kappa shape index (κ1) is 36.7. The number of pyridine rings is 2. The standard InChI is InChI=1S/C36H42N4O.C4H4O4/c1-23-16-31(17-24(2)27(23)5)34-9-8-33(21-38-34)39(7)36(41)30-11-14-40(15-12-30)22-29-10-13-37-35(20-29)32-18-25(3)28(6)26(4)19-32;5-3(6)1-2-4(7)8/h8-10,13,16-21,30H,11-12,14-15,22H2,1-7H3;1-2H,(H,5,6)(H,7,8)/b;2-1-. The highest BCUT2D eigenvalue weighted by atomic mass is 16.4. The maximum atomic E-state index is 13.4. The molecule has 0 unspecified atom stereocenters. The molecule has 2 aromatic carbocycles. The molecule has 1 fully saturated rings. The average Bonchev–Trinajstić information content (AvgIpc) is 3.08. The maximum absolute atomic E-state index is 13.4. The van der Waals surface area contributed by atoms with Gasteiger partial charge < -0.3 is 15.1 Å². The van der Waals surface area contributed by atoms with Gasteiger partial charge in [-0.3, -0.25) is 19.7 Å². The molecule has 0 spiro atoms. The fourth-order valence-corrected chi connectivity index (χ4v) is 5.99. The second kappa shape index (κ2) is 16.3. The molecule has 4 aromatic rings. The van der Waals surface area contributed by atoms with Gasteiger partial charge >= 0.3 is 11.9 Å². The number of amides is 1. The van der Waals surface area contributed by atoms with E-state index in [0.717, 1.165) is 55.1 Å². The van der Waals surface area contributed by atoms with Crippen LogP contribution in [0.25, 0.3) is 22.5 Å². The summed E-state index contributed by atoms with van der Waals surface area (Å²) in [6, 6.07) is 17.2. The van der Waals surface area contributed by atoms with Crippen LogP contribution in [0.4, 0.5) is 5.69 Å². The lowest BCUT2D eigenvalue weighted by Crippen LogP contribution is -2.41. The number of aromatic nitrogens is 2. The minimum Gasteiger partial charge on any atom is -0.478 e. The zero-order valence-corrected chi connectivity index (χ0v) is 29.4. The lowest BCUT2D eigenvalue weighted by Gasteiger charge is -2.33. The summed E-state index contributed by atoms with van der Waals surface area (Å²) in [4.78, 5) is 46.1. The van der Waals surface area contributed by atoms with Crippen LogP contribution in [0.5, 0.6) is 0 Å². The van der Waals surface area contributed by atoms with E-state index >= 15 is 0 Å². The highest BCUT2D eigenvalue weighted by molar-refractivity contribution is 5.94. The van der Waals surface area contributed by atoms with Crippen LogP contribution in [-0.2, 0) is 20.9 Å². The number of hydrogen-bond donors (Lipinski definition) is 2. The molecule has 1 amide bonds. The molecule has 0 atom stereocenters. The first-order valence-electron chi connectivity index (χ1n) is 16.4. The van der Waals surface area contributed by atoms with Crippen molar-refractivity contribution in [2.24, 2.45) is 5.92 Å². The molecule has 3 heterocycles. The predicted molar refractivity (Wildman–Crippen MR) is 194 cm³/mol. The number of anilines is 1. The second-order valence-corrected chi connectivity index (χ2v) is 12.9. The zero-order valence-electron chi connectivity index (χ0n) is 29.4. The van der Waals surface area contributed by atoms with Crippen LogP contribution in [0.1, 0.15) is 51.8 Å². The molecule has 5 rings (SSSR count). The van der Waals surface area contributed by atoms with Gasteiger partial charge in [0.15, 0.2) is 0 Å². The Hall–Kier alpha value is -5.15. The molecular formula is C40H46N4O5. The third-order valence-corrected chi connectivity index (χ3v) is 9.45. The van der Waals surface area contributed by atoms with Crippen molar-refractivity contribution in [2.75, 3.05) is 25.0 Å². The van der Waals surface area contributed by atoms with Crippen LogP contribution in [0.15, 0.2) is 73.1 Å². The SMILES string of the molecule is Cc1cc(-c2ccc(N(C)C(=O)C3CCN(Cc4ccnc(-c5cc(C)c(C)c(C)c5)c4)CC3)cn2)cc(C)c1C.O=C(O)/C=C\C(=O)O. The Morgan fingerprint density at radius 3 is 1.73 bits per heavy atom. The number of benzene rings is 2. The summed E-state index contributed by atoms with van der Waals surface area (Å²) in [5.41, 5.74) is 14.1. The molecule has 49 heavy (non-hydrogen) atoms. The van der Waals surface area contributed by atoms with Crippen molar-refractivity contribution in [3.8, 4) is 22.5 Å². The number of piperidine rings is 1. The first-order chi connectivity index (χ1) is 23.2. The molecule has 0 aliphatic carbocycles. The van der Waals surface area contributed by atoms with Crippen LogP contribution >= 0.6 is 0 Å². The molecule has 0 saturated carbocycles. The molecule has 0 bridgehead atoms. The number of carbonyl (C=O) groups excluding carboxylic acids is 1. The normalized spacial score (nSPS) is 13.5. The van der Waals surface area contributed by atoms with Gasteiger partial charge in [0.1, 0.15) is 0 Å². The Bertz CT molecular complexity index is 1800. The summed E-state index contributed by atoms with van der Waals surface area (Å²) < 4.78 is 0. The fraction of sp³-hybridized carbons (Fsp3) is 0.325. The van der Waals surface area contributed by atoms with E-state index in [0.29, 0.717) is 12.2 Å². The second-order valence-electron chi connectivity index (χ2n) is 12.9. The molecule has 1 aliphatic rings. The van der Waals surface area contributed by atoms with Gasteiger partial charge in [0.25, 0.3) is 0 Å². The minimum absolute atomic E-state index is 0.0323. The smallest absolute Gasteiger partial charge is 0.328 e. The van der Waals surface area contributed by atoms with E-state index in [4.69, 9.17) is 15.2 Å². The number of carboxylic acid groups (broad SMARTS) is 2. The number of carboxylic acids is 2. The Kier molecular flexibility index (Phi) is 12.2. The molecule has 2 aromatic heterocycles. The Balaban J connectivity index is 0.000000603. The van der Waals surface area contributed by atoms with E-state index in [2.05, 4.69) is 87.8 Å². The van der Waals surface area contributed by atoms with Crippen molar-refractivity contribution >= 4 is 23.5 Å². The van der Waals surface area contributed by atoms with Gasteiger partial charge in [-0.25, -0.2) is 9.59 Å². The lowest BCUT2D eigenvalue weighted by atomic mass is 9.94. The van der Waals surface area contributed by atoms with Crippen LogP contribution in [-0.4, -0.2) is 63.1 Å². The van der Waals surface area contributed by atoms with E-state index < -0.39 is 11.9 Å². The van der Waals surface area contributed by atoms with Gasteiger partial charge in [0, 0.05) is 49.0 Å². The summed E-state index contributed by atoms with van der Waals surface area (Å²) in [5.74, 6) is -2.30. The number of nitrogens with zero attached hydrogens (tertiary/aromatic N) is 4. The summed E-state index contributed by atoms with van der Waals surface area (Å²) >= 11 is 0. The molecule has 256 valence electrons. The van der Waals surface area contributed by atoms with E-state index in [1.165, 1.54) is 44.5 Å². The van der Waals surface area contributed by atoms with Crippen molar-refractivity contribution in [3.05, 3.63) is 112 Å². The van der Waals surface area contributed by atoms with Gasteiger partial charge in [-0.1, -0.05) is 0 Å². The summed E-state index contributed by atoms with van der Waals surface area (Å²) in [6.07, 6.45) is 6.59. The van der Waals surface area contributed by atoms with Crippen molar-refractivity contribution in [3.63, 3.8) is 0 Å². The summed E-state index contributed by atoms with van der Waals surface area (Å²) in [5, 5.41) is 15.6. The molecule has 9 heteroatoms. The molecule has 1 saturated heterocycles. The largest absolute Gasteiger partial charge is 0.478 e. The van der Waals surface area contributed by atoms with E-state index in [9.17, 15) is 14.4 Å². The first-order valence-corrected chi connectivity index (χ1v) is 16.4. The summed E-state index contributed by atoms with van der Waals surface area (Å²) in [6.45, 7) is 15.6. The predicted octanol–water partition coefficient (Wildman–Crippen LogP) is 7.25. The van der Waals surface area contributed by atoms with Crippen molar-refractivity contribution < 1.29 is 24.6 Å². The van der Waals surface area contributed by atoms with E-state index in [1.807, 2.05) is 31.6 Å². The van der Waals surface area contributed by atoms with Gasteiger partial charge in [-0.2, -0.15) is 0 Å². The van der Waals surface area contributed by atoms with Crippen LogP contribution in [0.2, 0.25) is 0 Å². The minimum atomic E-state index is -1.26. The van der Waals surface area contributed by atoms with Gasteiger partial charge in [-0.05, 0) is 155 Å². The maximum Gasteiger partial charge on any atom is 0.328 e. The van der Waals surface area contributed by atoms with Crippen LogP contribution in [0.3, 0.4) is 0 Å². The highest BCUT2D eigenvalue weighted by Crippen LogP contribution is 2.28. The molecule has 0 radical (unpaired) electrons. The van der Waals surface area contributed by atoms with E-state index in [-0.39, 0.29) is 11.8 Å². The lowest BCUT2D eigenvalue weighted by molar-refractivity contribution is -0.134. The highest BCUT2D eigenvalue weighted by Gasteiger charge is 2.28. The number of rotatable bonds is 8. The Morgan fingerprint density at radius 1 is 0.755 bits per heavy atom.